The molecule has 4 nitrogen and oxygen atoms in total. The predicted molar refractivity (Wildman–Crippen MR) is 174 cm³/mol. The Bertz CT molecular complexity index is 1680. The summed E-state index contributed by atoms with van der Waals surface area (Å²) in [6.45, 7) is 19.3. The minimum atomic E-state index is 0. The van der Waals surface area contributed by atoms with Crippen molar-refractivity contribution in [1.82, 2.24) is 19.5 Å². The number of aromatic nitrogens is 4. The van der Waals surface area contributed by atoms with Gasteiger partial charge in [-0.05, 0) is 116 Å². The van der Waals surface area contributed by atoms with E-state index in [4.69, 9.17) is 9.97 Å². The van der Waals surface area contributed by atoms with E-state index in [1.165, 1.54) is 61.0 Å². The van der Waals surface area contributed by atoms with Gasteiger partial charge in [-0.1, -0.05) is 48.5 Å². The van der Waals surface area contributed by atoms with Crippen LogP contribution in [0.4, 0.5) is 0 Å². The number of nitrogens with one attached hydrogen (secondary N) is 1. The number of hydrogen-bond donors (Lipinski definition) is 1. The molecule has 0 aromatic carbocycles. The maximum absolute atomic E-state index is 5.22. The topological polar surface area (TPSA) is 46.5 Å². The maximum atomic E-state index is 5.22. The number of nitrogens with zero attached hydrogens (tertiary/aromatic N) is 3. The van der Waals surface area contributed by atoms with Gasteiger partial charge in [-0.2, -0.15) is 0 Å². The van der Waals surface area contributed by atoms with Crippen molar-refractivity contribution < 1.29 is 21.1 Å². The first-order chi connectivity index (χ1) is 19.5. The van der Waals surface area contributed by atoms with Crippen molar-refractivity contribution >= 4 is 45.9 Å². The Morgan fingerprint density at radius 2 is 1.15 bits per heavy atom. The van der Waals surface area contributed by atoms with Crippen molar-refractivity contribution in [2.24, 2.45) is 0 Å². The summed E-state index contributed by atoms with van der Waals surface area (Å²) in [5.74, 6) is 0. The second-order valence-electron chi connectivity index (χ2n) is 10.8. The predicted octanol–water partition coefficient (Wildman–Crippen LogP) is 9.30. The van der Waals surface area contributed by atoms with E-state index in [-0.39, 0.29) is 21.1 Å². The number of rotatable bonds is 8. The first kappa shape index (κ1) is 31.2. The minimum Gasteiger partial charge on any atom is -0.354 e. The number of H-pyrrole nitrogens is 1. The molecule has 1 N–H and O–H groups in total. The first-order valence-corrected chi connectivity index (χ1v) is 15.7. The molecule has 0 saturated carbocycles. The molecule has 3 aromatic rings. The van der Waals surface area contributed by atoms with Crippen LogP contribution >= 0.6 is 0 Å². The van der Waals surface area contributed by atoms with Gasteiger partial charge in [0.25, 0.3) is 0 Å². The fraction of sp³-hybridized carbons (Fsp3) is 0.444. The van der Waals surface area contributed by atoms with Gasteiger partial charge in [0, 0.05) is 55.2 Å². The number of hydrogen-bond acceptors (Lipinski definition) is 2. The van der Waals surface area contributed by atoms with Gasteiger partial charge in [0.2, 0.25) is 0 Å². The summed E-state index contributed by atoms with van der Waals surface area (Å²) in [6.07, 6.45) is 13.5. The molecule has 2 aliphatic rings. The summed E-state index contributed by atoms with van der Waals surface area (Å²) in [4.78, 5) is 14.3. The molecular formula is C36H46MoN4. The Morgan fingerprint density at radius 1 is 0.585 bits per heavy atom. The Morgan fingerprint density at radius 3 is 1.68 bits per heavy atom. The monoisotopic (exact) mass is 632 g/mol. The largest absolute Gasteiger partial charge is 0.354 e. The smallest absolute Gasteiger partial charge is 0.0722 e. The molecule has 2 aliphatic heterocycles. The molecule has 5 rings (SSSR count). The fourth-order valence-electron chi connectivity index (χ4n) is 7.09. The fourth-order valence-corrected chi connectivity index (χ4v) is 7.09. The molecule has 5 heteroatoms. The molecule has 0 aliphatic carbocycles. The van der Waals surface area contributed by atoms with Crippen molar-refractivity contribution in [1.29, 1.82) is 0 Å². The van der Waals surface area contributed by atoms with Crippen molar-refractivity contribution in [2.75, 3.05) is 0 Å². The molecule has 0 unspecified atom stereocenters. The average Bonchev–Trinajstić information content (AvgIpc) is 3.73. The van der Waals surface area contributed by atoms with E-state index < -0.39 is 0 Å². The number of aryl methyl sites for hydroxylation is 7. The molecule has 3 aromatic heterocycles. The zero-order chi connectivity index (χ0) is 28.6. The molecule has 0 amide bonds. The molecule has 0 fully saturated rings. The van der Waals surface area contributed by atoms with Crippen LogP contribution in [0.1, 0.15) is 118 Å². The minimum absolute atomic E-state index is 0. The van der Waals surface area contributed by atoms with Crippen molar-refractivity contribution in [3.63, 3.8) is 0 Å². The molecular weight excluding hydrogens is 584 g/mol. The molecule has 0 radical (unpaired) electrons. The van der Waals surface area contributed by atoms with Crippen molar-refractivity contribution in [2.45, 2.75) is 107 Å². The molecule has 8 bridgehead atoms. The van der Waals surface area contributed by atoms with E-state index in [0.29, 0.717) is 0 Å². The van der Waals surface area contributed by atoms with E-state index in [1.807, 2.05) is 0 Å². The maximum Gasteiger partial charge on any atom is 0.0722 e. The van der Waals surface area contributed by atoms with Crippen LogP contribution in [0.25, 0.3) is 45.9 Å². The Labute approximate surface area is 260 Å². The molecule has 41 heavy (non-hydrogen) atoms. The van der Waals surface area contributed by atoms with Crippen LogP contribution in [0.5, 0.6) is 0 Å². The standard InChI is InChI=1S/C36H46N4.Mo/c1-9-22-19-25-20-23-17-18-24(37-23)21-32-26(10-2)29(13-5)36(40(32)16-8)31(15-7)35-28(12-4)27(11-3)34(39-35)30(14-6)33(22)38-25;/h17-21,39H,9-16H2,1-8H3;. The van der Waals surface area contributed by atoms with Crippen LogP contribution in [-0.2, 0) is 66.1 Å². The SMILES string of the molecule is CCC1=Cc2cc3nc(cc4c(CC)c(CC)c(c(CC)c5[nH]c(c(CC)c1n2)c(CC)c5CC)n4CC)C=C3.[Mo]. The van der Waals surface area contributed by atoms with E-state index in [2.05, 4.69) is 95.3 Å². The van der Waals surface area contributed by atoms with Crippen molar-refractivity contribution in [3.05, 3.63) is 68.3 Å². The van der Waals surface area contributed by atoms with Crippen LogP contribution < -0.4 is 0 Å². The van der Waals surface area contributed by atoms with Crippen LogP contribution in [0.15, 0.2) is 12.1 Å². The number of aromatic amines is 1. The van der Waals surface area contributed by atoms with Gasteiger partial charge < -0.3 is 9.55 Å². The Kier molecular flexibility index (Phi) is 9.96. The van der Waals surface area contributed by atoms with Crippen LogP contribution in [0.2, 0.25) is 0 Å². The summed E-state index contributed by atoms with van der Waals surface area (Å²) >= 11 is 0. The summed E-state index contributed by atoms with van der Waals surface area (Å²) < 4.78 is 2.57. The van der Waals surface area contributed by atoms with E-state index in [9.17, 15) is 0 Å². The van der Waals surface area contributed by atoms with E-state index >= 15 is 0 Å². The van der Waals surface area contributed by atoms with Crippen LogP contribution in [0.3, 0.4) is 0 Å². The van der Waals surface area contributed by atoms with Gasteiger partial charge in [-0.3, -0.25) is 0 Å². The van der Waals surface area contributed by atoms with E-state index in [0.717, 1.165) is 74.3 Å². The van der Waals surface area contributed by atoms with Gasteiger partial charge in [0.15, 0.2) is 0 Å². The zero-order valence-electron chi connectivity index (χ0n) is 26.3. The number of allylic oxidation sites excluding steroid dienone is 1. The normalized spacial score (nSPS) is 12.5. The summed E-state index contributed by atoms with van der Waals surface area (Å²) in [7, 11) is 0. The number of fused-ring (bicyclic) bond motifs is 8. The molecule has 0 atom stereocenters. The summed E-state index contributed by atoms with van der Waals surface area (Å²) in [6, 6.07) is 4.45. The summed E-state index contributed by atoms with van der Waals surface area (Å²) in [5, 5.41) is 0. The summed E-state index contributed by atoms with van der Waals surface area (Å²) in [5.41, 5.74) is 19.4. The third-order valence-corrected chi connectivity index (χ3v) is 8.86. The zero-order valence-corrected chi connectivity index (χ0v) is 28.3. The second kappa shape index (κ2) is 13.1. The van der Waals surface area contributed by atoms with Crippen LogP contribution in [0, 0.1) is 0 Å². The first-order valence-electron chi connectivity index (χ1n) is 15.7. The Hall–Kier alpha value is -2.71. The quantitative estimate of drug-likeness (QED) is 0.197. The van der Waals surface area contributed by atoms with Crippen molar-refractivity contribution in [3.8, 4) is 0 Å². The second-order valence-corrected chi connectivity index (χ2v) is 10.8. The van der Waals surface area contributed by atoms with Gasteiger partial charge in [0.1, 0.15) is 0 Å². The van der Waals surface area contributed by atoms with Gasteiger partial charge in [-0.25, -0.2) is 9.97 Å². The van der Waals surface area contributed by atoms with Gasteiger partial charge in [-0.15, -0.1) is 0 Å². The van der Waals surface area contributed by atoms with E-state index in [1.54, 1.807) is 0 Å². The molecule has 5 heterocycles. The molecule has 216 valence electrons. The van der Waals surface area contributed by atoms with Gasteiger partial charge >= 0.3 is 0 Å². The van der Waals surface area contributed by atoms with Gasteiger partial charge in [0.05, 0.1) is 22.8 Å². The molecule has 0 spiro atoms. The molecule has 0 saturated heterocycles. The van der Waals surface area contributed by atoms with Crippen LogP contribution in [-0.4, -0.2) is 19.5 Å². The third-order valence-electron chi connectivity index (χ3n) is 8.86. The third kappa shape index (κ3) is 5.22. The average molecular weight is 631 g/mol. The Balaban J connectivity index is 0.00000387.